The summed E-state index contributed by atoms with van der Waals surface area (Å²) in [5.41, 5.74) is 0.109. The lowest BCUT2D eigenvalue weighted by Gasteiger charge is -2.16. The molecular formula is C12H13BrClFO3S. The van der Waals surface area contributed by atoms with E-state index in [9.17, 15) is 17.9 Å². The molecule has 0 aromatic heterocycles. The molecule has 0 spiro atoms. The Balaban J connectivity index is 2.13. The molecule has 0 amide bonds. The molecule has 3 nitrogen and oxygen atoms in total. The van der Waals surface area contributed by atoms with Crippen LogP contribution in [-0.2, 0) is 9.84 Å². The van der Waals surface area contributed by atoms with Crippen molar-refractivity contribution in [1.82, 2.24) is 0 Å². The Hall–Kier alpha value is -0.170. The van der Waals surface area contributed by atoms with E-state index in [0.717, 1.165) is 0 Å². The molecule has 19 heavy (non-hydrogen) atoms. The van der Waals surface area contributed by atoms with Gasteiger partial charge in [0, 0.05) is 10.0 Å². The van der Waals surface area contributed by atoms with E-state index in [1.54, 1.807) is 6.07 Å². The summed E-state index contributed by atoms with van der Waals surface area (Å²) in [6.45, 7) is 0. The van der Waals surface area contributed by atoms with Crippen molar-refractivity contribution in [3.63, 3.8) is 0 Å². The number of halogens is 3. The maximum atomic E-state index is 13.9. The summed E-state index contributed by atoms with van der Waals surface area (Å²) in [6.07, 6.45) is -0.289. The highest BCUT2D eigenvalue weighted by molar-refractivity contribution is 9.10. The van der Waals surface area contributed by atoms with Gasteiger partial charge in [0.05, 0.1) is 22.6 Å². The lowest BCUT2D eigenvalue weighted by molar-refractivity contribution is 0.144. The van der Waals surface area contributed by atoms with E-state index in [-0.39, 0.29) is 34.4 Å². The summed E-state index contributed by atoms with van der Waals surface area (Å²) in [5, 5.41) is 9.97. The molecule has 2 atom stereocenters. The van der Waals surface area contributed by atoms with Crippen LogP contribution in [0.25, 0.3) is 0 Å². The average molecular weight is 372 g/mol. The summed E-state index contributed by atoms with van der Waals surface area (Å²) >= 11 is 8.86. The van der Waals surface area contributed by atoms with E-state index < -0.39 is 21.8 Å². The molecule has 1 aromatic carbocycles. The Morgan fingerprint density at radius 3 is 2.79 bits per heavy atom. The van der Waals surface area contributed by atoms with Crippen molar-refractivity contribution in [1.29, 1.82) is 0 Å². The lowest BCUT2D eigenvalue weighted by Crippen LogP contribution is -2.11. The minimum absolute atomic E-state index is 0.0654. The molecule has 1 N–H and O–H groups in total. The normalized spacial score (nSPS) is 23.5. The minimum atomic E-state index is -2.99. The molecule has 0 radical (unpaired) electrons. The molecule has 1 aliphatic heterocycles. The van der Waals surface area contributed by atoms with Gasteiger partial charge in [0.2, 0.25) is 0 Å². The van der Waals surface area contributed by atoms with Gasteiger partial charge >= 0.3 is 0 Å². The fourth-order valence-electron chi connectivity index (χ4n) is 2.30. The third-order valence-electron chi connectivity index (χ3n) is 3.31. The second-order valence-electron chi connectivity index (χ2n) is 4.79. The van der Waals surface area contributed by atoms with Crippen LogP contribution in [0.2, 0.25) is 5.02 Å². The molecule has 2 unspecified atom stereocenters. The fourth-order valence-corrected chi connectivity index (χ4v) is 4.66. The number of aliphatic hydroxyl groups is 1. The largest absolute Gasteiger partial charge is 0.388 e. The van der Waals surface area contributed by atoms with Gasteiger partial charge in [-0.3, -0.25) is 0 Å². The SMILES string of the molecule is O=S1(=O)CCC(CC(O)c2ccc(Br)c(Cl)c2F)C1. The van der Waals surface area contributed by atoms with Gasteiger partial charge in [-0.15, -0.1) is 0 Å². The van der Waals surface area contributed by atoms with Gasteiger partial charge < -0.3 is 5.11 Å². The van der Waals surface area contributed by atoms with Gasteiger partial charge in [-0.25, -0.2) is 12.8 Å². The maximum Gasteiger partial charge on any atom is 0.150 e. The zero-order valence-corrected chi connectivity index (χ0v) is 13.1. The van der Waals surface area contributed by atoms with E-state index in [1.807, 2.05) is 0 Å². The first-order valence-corrected chi connectivity index (χ1v) is 8.81. The first-order valence-electron chi connectivity index (χ1n) is 5.82. The van der Waals surface area contributed by atoms with E-state index >= 15 is 0 Å². The number of sulfone groups is 1. The topological polar surface area (TPSA) is 54.4 Å². The molecule has 0 bridgehead atoms. The van der Waals surface area contributed by atoms with Crippen molar-refractivity contribution in [3.05, 3.63) is 33.0 Å². The summed E-state index contributed by atoms with van der Waals surface area (Å²) in [4.78, 5) is 0. The van der Waals surface area contributed by atoms with Gasteiger partial charge in [0.1, 0.15) is 5.82 Å². The van der Waals surface area contributed by atoms with Crippen molar-refractivity contribution >= 4 is 37.4 Å². The molecule has 106 valence electrons. The number of hydrogen-bond acceptors (Lipinski definition) is 3. The Morgan fingerprint density at radius 1 is 1.53 bits per heavy atom. The quantitative estimate of drug-likeness (QED) is 0.831. The molecule has 0 aliphatic carbocycles. The smallest absolute Gasteiger partial charge is 0.150 e. The maximum absolute atomic E-state index is 13.9. The van der Waals surface area contributed by atoms with Gasteiger partial charge in [0.25, 0.3) is 0 Å². The molecule has 2 rings (SSSR count). The fraction of sp³-hybridized carbons (Fsp3) is 0.500. The molecular weight excluding hydrogens is 359 g/mol. The Morgan fingerprint density at radius 2 is 2.21 bits per heavy atom. The van der Waals surface area contributed by atoms with Crippen molar-refractivity contribution in [3.8, 4) is 0 Å². The number of hydrogen-bond donors (Lipinski definition) is 1. The zero-order chi connectivity index (χ0) is 14.2. The second kappa shape index (κ2) is 5.68. The standard InChI is InChI=1S/C12H13BrClFO3S/c13-9-2-1-8(12(15)11(9)14)10(16)5-7-3-4-19(17,18)6-7/h1-2,7,10,16H,3-6H2. The van der Waals surface area contributed by atoms with E-state index in [4.69, 9.17) is 11.6 Å². The summed E-state index contributed by atoms with van der Waals surface area (Å²) in [6, 6.07) is 3.02. The number of aliphatic hydroxyl groups excluding tert-OH is 1. The van der Waals surface area contributed by atoms with Crippen LogP contribution >= 0.6 is 27.5 Å². The van der Waals surface area contributed by atoms with E-state index in [2.05, 4.69) is 15.9 Å². The summed E-state index contributed by atoms with van der Waals surface area (Å²) in [5.74, 6) is -0.574. The van der Waals surface area contributed by atoms with Crippen LogP contribution in [0.4, 0.5) is 4.39 Å². The predicted octanol–water partition coefficient (Wildman–Crippen LogP) is 3.10. The molecule has 1 aromatic rings. The van der Waals surface area contributed by atoms with E-state index in [0.29, 0.717) is 10.9 Å². The van der Waals surface area contributed by atoms with E-state index in [1.165, 1.54) is 6.07 Å². The number of benzene rings is 1. The summed E-state index contributed by atoms with van der Waals surface area (Å²) < 4.78 is 37.0. The molecule has 1 aliphatic rings. The van der Waals surface area contributed by atoms with Crippen LogP contribution < -0.4 is 0 Å². The second-order valence-corrected chi connectivity index (χ2v) is 8.25. The first-order chi connectivity index (χ1) is 8.80. The van der Waals surface area contributed by atoms with Crippen molar-refractivity contribution < 1.29 is 17.9 Å². The molecule has 1 heterocycles. The van der Waals surface area contributed by atoms with Crippen LogP contribution in [-0.4, -0.2) is 25.0 Å². The van der Waals surface area contributed by atoms with Crippen LogP contribution in [0.15, 0.2) is 16.6 Å². The van der Waals surface area contributed by atoms with Crippen LogP contribution in [0, 0.1) is 11.7 Å². The first kappa shape index (κ1) is 15.2. The van der Waals surface area contributed by atoms with Gasteiger partial charge in [0.15, 0.2) is 9.84 Å². The third kappa shape index (κ3) is 3.48. The molecule has 1 fully saturated rings. The highest BCUT2D eigenvalue weighted by atomic mass is 79.9. The highest BCUT2D eigenvalue weighted by Crippen LogP contribution is 2.34. The van der Waals surface area contributed by atoms with Crippen LogP contribution in [0.1, 0.15) is 24.5 Å². The van der Waals surface area contributed by atoms with Gasteiger partial charge in [-0.2, -0.15) is 0 Å². The Bertz CT molecular complexity index is 591. The number of rotatable bonds is 3. The van der Waals surface area contributed by atoms with Gasteiger partial charge in [-0.05, 0) is 40.8 Å². The van der Waals surface area contributed by atoms with Crippen LogP contribution in [0.5, 0.6) is 0 Å². The summed E-state index contributed by atoms with van der Waals surface area (Å²) in [7, 11) is -2.99. The average Bonchev–Trinajstić information content (AvgIpc) is 2.65. The molecule has 0 saturated carbocycles. The van der Waals surface area contributed by atoms with Crippen molar-refractivity contribution in [2.75, 3.05) is 11.5 Å². The Kier molecular flexibility index (Phi) is 4.55. The molecule has 7 heteroatoms. The predicted molar refractivity (Wildman–Crippen MR) is 75.4 cm³/mol. The molecule has 1 saturated heterocycles. The Labute approximate surface area is 124 Å². The van der Waals surface area contributed by atoms with Crippen molar-refractivity contribution in [2.24, 2.45) is 5.92 Å². The van der Waals surface area contributed by atoms with Crippen LogP contribution in [0.3, 0.4) is 0 Å². The lowest BCUT2D eigenvalue weighted by atomic mass is 9.96. The zero-order valence-electron chi connectivity index (χ0n) is 9.94. The van der Waals surface area contributed by atoms with Gasteiger partial charge in [-0.1, -0.05) is 17.7 Å². The highest BCUT2D eigenvalue weighted by Gasteiger charge is 2.30. The van der Waals surface area contributed by atoms with Crippen molar-refractivity contribution in [2.45, 2.75) is 18.9 Å². The monoisotopic (exact) mass is 370 g/mol. The minimum Gasteiger partial charge on any atom is -0.388 e. The third-order valence-corrected chi connectivity index (χ3v) is 6.40.